The lowest BCUT2D eigenvalue weighted by Crippen LogP contribution is -2.44. The van der Waals surface area contributed by atoms with Gasteiger partial charge in [0.15, 0.2) is 5.82 Å². The van der Waals surface area contributed by atoms with Crippen LogP contribution in [0.3, 0.4) is 0 Å². The number of anilines is 2. The first-order chi connectivity index (χ1) is 16.2. The van der Waals surface area contributed by atoms with Crippen molar-refractivity contribution in [2.24, 2.45) is 0 Å². The Balaban J connectivity index is 1.44. The molecule has 180 valence electrons. The van der Waals surface area contributed by atoms with Gasteiger partial charge in [0.05, 0.1) is 35.8 Å². The van der Waals surface area contributed by atoms with Crippen molar-refractivity contribution in [1.29, 1.82) is 0 Å². The number of ether oxygens (including phenoxy) is 1. The number of pyridine rings is 1. The quantitative estimate of drug-likeness (QED) is 0.387. The fraction of sp³-hybridized carbons (Fsp3) is 0.364. The Labute approximate surface area is 194 Å². The molecule has 11 nitrogen and oxygen atoms in total. The van der Waals surface area contributed by atoms with Crippen molar-refractivity contribution in [2.45, 2.75) is 25.5 Å². The van der Waals surface area contributed by atoms with Gasteiger partial charge in [0.2, 0.25) is 0 Å². The van der Waals surface area contributed by atoms with Gasteiger partial charge in [-0.2, -0.15) is 5.10 Å². The van der Waals surface area contributed by atoms with Gasteiger partial charge in [0.1, 0.15) is 11.6 Å². The molecule has 1 aliphatic heterocycles. The number of aromatic amines is 1. The van der Waals surface area contributed by atoms with Crippen molar-refractivity contribution in [3.63, 3.8) is 0 Å². The van der Waals surface area contributed by atoms with E-state index in [-0.39, 0.29) is 11.8 Å². The molecule has 4 rings (SSSR count). The molecule has 12 heteroatoms. The molecule has 0 aliphatic carbocycles. The van der Waals surface area contributed by atoms with Gasteiger partial charge in [-0.05, 0) is 31.5 Å². The molecule has 0 spiro atoms. The number of amides is 4. The molecule has 5 N–H and O–H groups in total. The molecule has 34 heavy (non-hydrogen) atoms. The molecule has 1 aliphatic rings. The van der Waals surface area contributed by atoms with Crippen LogP contribution in [0.25, 0.3) is 10.9 Å². The number of H-pyrrole nitrogens is 1. The summed E-state index contributed by atoms with van der Waals surface area (Å²) in [7, 11) is 0. The summed E-state index contributed by atoms with van der Waals surface area (Å²) in [6, 6.07) is 5.41. The Hall–Kier alpha value is -3.77. The van der Waals surface area contributed by atoms with Crippen molar-refractivity contribution >= 4 is 34.6 Å². The number of aliphatic hydroxyl groups is 1. The summed E-state index contributed by atoms with van der Waals surface area (Å²) in [6.07, 6.45) is 1.48. The molecule has 0 unspecified atom stereocenters. The minimum atomic E-state index is -1.32. The van der Waals surface area contributed by atoms with Crippen LogP contribution in [-0.2, 0) is 4.74 Å². The predicted molar refractivity (Wildman–Crippen MR) is 123 cm³/mol. The van der Waals surface area contributed by atoms with Crippen LogP contribution in [0.4, 0.5) is 25.6 Å². The minimum Gasteiger partial charge on any atom is -0.388 e. The average molecular weight is 471 g/mol. The topological polar surface area (TPSA) is 144 Å². The number of carbonyl (C=O) groups is 2. The number of urea groups is 2. The molecule has 0 saturated carbocycles. The minimum absolute atomic E-state index is 0.230. The van der Waals surface area contributed by atoms with Crippen LogP contribution in [0.15, 0.2) is 36.5 Å². The lowest BCUT2D eigenvalue weighted by atomic mass is 9.92. The third-order valence-electron chi connectivity index (χ3n) is 5.40. The van der Waals surface area contributed by atoms with E-state index in [4.69, 9.17) is 4.74 Å². The molecule has 0 radical (unpaired) electrons. The van der Waals surface area contributed by atoms with Gasteiger partial charge >= 0.3 is 12.1 Å². The number of fused-ring (bicyclic) bond motifs is 1. The summed E-state index contributed by atoms with van der Waals surface area (Å²) in [5.41, 5.74) is -0.217. The highest BCUT2D eigenvalue weighted by Crippen LogP contribution is 2.26. The Kier molecular flexibility index (Phi) is 6.61. The first-order valence-electron chi connectivity index (χ1n) is 10.7. The Morgan fingerprint density at radius 1 is 1.21 bits per heavy atom. The van der Waals surface area contributed by atoms with Gasteiger partial charge in [-0.25, -0.2) is 19.0 Å². The number of benzene rings is 1. The Morgan fingerprint density at radius 3 is 2.59 bits per heavy atom. The van der Waals surface area contributed by atoms with Gasteiger partial charge in [0, 0.05) is 25.4 Å². The maximum atomic E-state index is 13.3. The number of hydrogen-bond acceptors (Lipinski definition) is 6. The molecule has 3 aromatic rings. The number of halogens is 1. The molecule has 1 fully saturated rings. The largest absolute Gasteiger partial charge is 0.388 e. The number of nitrogens with zero attached hydrogens (tertiary/aromatic N) is 3. The maximum absolute atomic E-state index is 13.3. The number of nitrogens with one attached hydrogen (secondary N) is 4. The van der Waals surface area contributed by atoms with Crippen LogP contribution in [0, 0.1) is 5.82 Å². The average Bonchev–Trinajstić information content (AvgIpc) is 3.20. The van der Waals surface area contributed by atoms with Crippen LogP contribution in [0.2, 0.25) is 0 Å². The zero-order valence-corrected chi connectivity index (χ0v) is 18.8. The summed E-state index contributed by atoms with van der Waals surface area (Å²) < 4.78 is 18.5. The van der Waals surface area contributed by atoms with Gasteiger partial charge in [0.25, 0.3) is 0 Å². The van der Waals surface area contributed by atoms with E-state index in [0.717, 1.165) is 0 Å². The summed E-state index contributed by atoms with van der Waals surface area (Å²) in [4.78, 5) is 30.9. The fourth-order valence-corrected chi connectivity index (χ4v) is 3.63. The Bertz CT molecular complexity index is 1170. The van der Waals surface area contributed by atoms with Crippen LogP contribution in [0.1, 0.15) is 25.5 Å². The third-order valence-corrected chi connectivity index (χ3v) is 5.40. The highest BCUT2D eigenvalue weighted by molar-refractivity contribution is 6.00. The van der Waals surface area contributed by atoms with Crippen LogP contribution in [-0.4, -0.2) is 69.2 Å². The smallest absolute Gasteiger partial charge is 0.323 e. The predicted octanol–water partition coefficient (Wildman–Crippen LogP) is 2.59. The van der Waals surface area contributed by atoms with Crippen LogP contribution < -0.4 is 16.0 Å². The van der Waals surface area contributed by atoms with E-state index in [1.807, 2.05) is 0 Å². The zero-order valence-electron chi connectivity index (χ0n) is 18.8. The summed E-state index contributed by atoms with van der Waals surface area (Å²) in [5, 5.41) is 26.1. The molecule has 4 amide bonds. The molecule has 1 aromatic carbocycles. The second kappa shape index (κ2) is 9.61. The summed E-state index contributed by atoms with van der Waals surface area (Å²) in [5.74, 6) is 0.141. The van der Waals surface area contributed by atoms with Gasteiger partial charge in [-0.3, -0.25) is 15.7 Å². The number of rotatable bonds is 5. The SMILES string of the molecule is CC(C)(O)[C@@H](NC(=O)Nc1cc2[nH]nc(NC(=O)N3CCOCC3)c2cn1)c1ccc(F)cc1. The van der Waals surface area contributed by atoms with E-state index in [2.05, 4.69) is 31.1 Å². The second-order valence-electron chi connectivity index (χ2n) is 8.45. The number of morpholine rings is 1. The first-order valence-corrected chi connectivity index (χ1v) is 10.7. The van der Waals surface area contributed by atoms with Crippen molar-refractivity contribution in [1.82, 2.24) is 25.4 Å². The molecular formula is C22H26FN7O4. The monoisotopic (exact) mass is 471 g/mol. The molecule has 0 bridgehead atoms. The van der Waals surface area contributed by atoms with E-state index in [0.29, 0.717) is 48.6 Å². The van der Waals surface area contributed by atoms with E-state index in [1.54, 1.807) is 24.8 Å². The van der Waals surface area contributed by atoms with E-state index < -0.39 is 23.5 Å². The highest BCUT2D eigenvalue weighted by atomic mass is 19.1. The molecule has 1 saturated heterocycles. The summed E-state index contributed by atoms with van der Waals surface area (Å²) >= 11 is 0. The number of carbonyl (C=O) groups excluding carboxylic acids is 2. The molecular weight excluding hydrogens is 445 g/mol. The van der Waals surface area contributed by atoms with Crippen LogP contribution in [0.5, 0.6) is 0 Å². The number of hydrogen-bond donors (Lipinski definition) is 5. The zero-order chi connectivity index (χ0) is 24.3. The van der Waals surface area contributed by atoms with Crippen LogP contribution >= 0.6 is 0 Å². The standard InChI is InChI=1S/C22H26FN7O4/c1-22(2,33)18(13-3-5-14(23)6-4-13)26-20(31)25-17-11-16-15(12-24-17)19(29-28-16)27-21(32)30-7-9-34-10-8-30/h3-6,11-12,18,33H,7-10H2,1-2H3,(H2,24,25,26,31)(H2,27,28,29,32)/t18-/m0/s1. The first kappa shape index (κ1) is 23.4. The van der Waals surface area contributed by atoms with Crippen molar-refractivity contribution in [3.05, 3.63) is 47.9 Å². The van der Waals surface area contributed by atoms with Gasteiger partial charge < -0.3 is 20.1 Å². The van der Waals surface area contributed by atoms with E-state index >= 15 is 0 Å². The fourth-order valence-electron chi connectivity index (χ4n) is 3.63. The second-order valence-corrected chi connectivity index (χ2v) is 8.45. The lowest BCUT2D eigenvalue weighted by molar-refractivity contribution is 0.0415. The normalized spacial score (nSPS) is 15.1. The van der Waals surface area contributed by atoms with E-state index in [1.165, 1.54) is 30.5 Å². The van der Waals surface area contributed by atoms with Crippen molar-refractivity contribution in [2.75, 3.05) is 36.9 Å². The molecule has 2 aromatic heterocycles. The molecule has 3 heterocycles. The maximum Gasteiger partial charge on any atom is 0.323 e. The lowest BCUT2D eigenvalue weighted by Gasteiger charge is -2.30. The number of aromatic nitrogens is 3. The van der Waals surface area contributed by atoms with Gasteiger partial charge in [-0.1, -0.05) is 12.1 Å². The van der Waals surface area contributed by atoms with Gasteiger partial charge in [-0.15, -0.1) is 0 Å². The highest BCUT2D eigenvalue weighted by Gasteiger charge is 2.30. The van der Waals surface area contributed by atoms with E-state index in [9.17, 15) is 19.1 Å². The summed E-state index contributed by atoms with van der Waals surface area (Å²) in [6.45, 7) is 5.07. The molecule has 1 atom stereocenters. The third kappa shape index (κ3) is 5.41. The Morgan fingerprint density at radius 2 is 1.91 bits per heavy atom. The van der Waals surface area contributed by atoms with Crippen molar-refractivity contribution < 1.29 is 23.8 Å². The van der Waals surface area contributed by atoms with Crippen molar-refractivity contribution in [3.8, 4) is 0 Å².